The lowest BCUT2D eigenvalue weighted by Crippen LogP contribution is -2.35. The molecule has 1 amide bonds. The van der Waals surface area contributed by atoms with E-state index in [0.717, 1.165) is 5.56 Å². The highest BCUT2D eigenvalue weighted by atomic mass is 16.6. The Labute approximate surface area is 136 Å². The van der Waals surface area contributed by atoms with Crippen molar-refractivity contribution in [2.24, 2.45) is 0 Å². The molecule has 6 heteroatoms. The molecule has 2 aromatic rings. The number of hydrogen-bond acceptors (Lipinski definition) is 4. The van der Waals surface area contributed by atoms with Crippen molar-refractivity contribution in [3.63, 3.8) is 0 Å². The zero-order valence-electron chi connectivity index (χ0n) is 13.4. The standard InChI is InChI=1S/C17H20BNO4/c1-17(2,3)23-16(20)19-15-13(12-8-5-4-6-9-12)10-7-11-14(15)18(21)22/h4-11,21-22H,1-3H3,(H,19,20). The highest BCUT2D eigenvalue weighted by Crippen LogP contribution is 2.27. The van der Waals surface area contributed by atoms with Gasteiger partial charge in [-0.3, -0.25) is 5.32 Å². The van der Waals surface area contributed by atoms with Gasteiger partial charge < -0.3 is 14.8 Å². The molecule has 0 fully saturated rings. The van der Waals surface area contributed by atoms with Crippen LogP contribution in [0.25, 0.3) is 11.1 Å². The van der Waals surface area contributed by atoms with E-state index in [-0.39, 0.29) is 5.46 Å². The van der Waals surface area contributed by atoms with Crippen LogP contribution >= 0.6 is 0 Å². The molecular weight excluding hydrogens is 293 g/mol. The first-order valence-electron chi connectivity index (χ1n) is 7.32. The van der Waals surface area contributed by atoms with Crippen molar-refractivity contribution < 1.29 is 19.6 Å². The van der Waals surface area contributed by atoms with Crippen molar-refractivity contribution in [2.45, 2.75) is 26.4 Å². The molecule has 0 aromatic heterocycles. The maximum absolute atomic E-state index is 12.1. The number of ether oxygens (including phenoxy) is 1. The third-order valence-corrected chi connectivity index (χ3v) is 3.09. The Morgan fingerprint density at radius 3 is 2.26 bits per heavy atom. The van der Waals surface area contributed by atoms with Crippen molar-refractivity contribution in [3.05, 3.63) is 48.5 Å². The van der Waals surface area contributed by atoms with Gasteiger partial charge in [-0.15, -0.1) is 0 Å². The molecule has 0 aliphatic heterocycles. The third kappa shape index (κ3) is 4.58. The van der Waals surface area contributed by atoms with Gasteiger partial charge in [0.25, 0.3) is 0 Å². The third-order valence-electron chi connectivity index (χ3n) is 3.09. The van der Waals surface area contributed by atoms with Crippen LogP contribution in [0.15, 0.2) is 48.5 Å². The van der Waals surface area contributed by atoms with E-state index in [1.54, 1.807) is 39.0 Å². The quantitative estimate of drug-likeness (QED) is 0.760. The van der Waals surface area contributed by atoms with Crippen molar-refractivity contribution in [1.29, 1.82) is 0 Å². The molecule has 0 radical (unpaired) electrons. The van der Waals surface area contributed by atoms with E-state index in [1.165, 1.54) is 0 Å². The van der Waals surface area contributed by atoms with E-state index in [2.05, 4.69) is 5.32 Å². The topological polar surface area (TPSA) is 78.8 Å². The number of rotatable bonds is 3. The fraction of sp³-hybridized carbons (Fsp3) is 0.235. The highest BCUT2D eigenvalue weighted by molar-refractivity contribution is 6.61. The molecule has 2 rings (SSSR count). The number of nitrogens with one attached hydrogen (secondary N) is 1. The van der Waals surface area contributed by atoms with Crippen LogP contribution in [0.2, 0.25) is 0 Å². The predicted molar refractivity (Wildman–Crippen MR) is 91.6 cm³/mol. The molecule has 0 spiro atoms. The Hall–Kier alpha value is -2.31. The van der Waals surface area contributed by atoms with Gasteiger partial charge in [-0.25, -0.2) is 4.79 Å². The maximum atomic E-state index is 12.1. The molecule has 0 atom stereocenters. The van der Waals surface area contributed by atoms with Gasteiger partial charge in [0.05, 0.1) is 5.69 Å². The molecular formula is C17H20BNO4. The summed E-state index contributed by atoms with van der Waals surface area (Å²) in [5.74, 6) is 0. The van der Waals surface area contributed by atoms with Crippen molar-refractivity contribution in [1.82, 2.24) is 0 Å². The summed E-state index contributed by atoms with van der Waals surface area (Å²) < 4.78 is 5.25. The molecule has 0 unspecified atom stereocenters. The second-order valence-corrected chi connectivity index (χ2v) is 6.14. The smallest absolute Gasteiger partial charge is 0.444 e. The number of carbonyl (C=O) groups is 1. The van der Waals surface area contributed by atoms with E-state index in [1.807, 2.05) is 30.3 Å². The van der Waals surface area contributed by atoms with E-state index < -0.39 is 18.8 Å². The molecule has 5 nitrogen and oxygen atoms in total. The molecule has 0 heterocycles. The summed E-state index contributed by atoms with van der Waals surface area (Å²) in [6, 6.07) is 14.4. The number of hydrogen-bond donors (Lipinski definition) is 3. The second kappa shape index (κ2) is 6.85. The minimum absolute atomic E-state index is 0.206. The zero-order chi connectivity index (χ0) is 17.0. The van der Waals surface area contributed by atoms with Gasteiger partial charge in [0.2, 0.25) is 0 Å². The monoisotopic (exact) mass is 313 g/mol. The molecule has 120 valence electrons. The van der Waals surface area contributed by atoms with Crippen LogP contribution in [0, 0.1) is 0 Å². The van der Waals surface area contributed by atoms with E-state index in [9.17, 15) is 14.8 Å². The molecule has 0 saturated heterocycles. The normalized spacial score (nSPS) is 11.0. The lowest BCUT2D eigenvalue weighted by Gasteiger charge is -2.22. The van der Waals surface area contributed by atoms with Crippen LogP contribution in [-0.4, -0.2) is 28.9 Å². The van der Waals surface area contributed by atoms with E-state index in [0.29, 0.717) is 11.3 Å². The lowest BCUT2D eigenvalue weighted by molar-refractivity contribution is 0.0636. The summed E-state index contributed by atoms with van der Waals surface area (Å²) in [4.78, 5) is 12.1. The van der Waals surface area contributed by atoms with E-state index >= 15 is 0 Å². The van der Waals surface area contributed by atoms with Crippen LogP contribution in [0.4, 0.5) is 10.5 Å². The zero-order valence-corrected chi connectivity index (χ0v) is 13.4. The molecule has 3 N–H and O–H groups in total. The number of para-hydroxylation sites is 1. The van der Waals surface area contributed by atoms with Gasteiger partial charge in [-0.2, -0.15) is 0 Å². The summed E-state index contributed by atoms with van der Waals surface area (Å²) in [5.41, 5.74) is 1.41. The van der Waals surface area contributed by atoms with Crippen LogP contribution in [0.1, 0.15) is 20.8 Å². The molecule has 0 saturated carbocycles. The highest BCUT2D eigenvalue weighted by Gasteiger charge is 2.23. The summed E-state index contributed by atoms with van der Waals surface area (Å²) in [6.45, 7) is 5.28. The summed E-state index contributed by atoms with van der Waals surface area (Å²) in [6.07, 6.45) is -0.650. The largest absolute Gasteiger partial charge is 0.490 e. The van der Waals surface area contributed by atoms with Crippen LogP contribution in [0.3, 0.4) is 0 Å². The lowest BCUT2D eigenvalue weighted by atomic mass is 9.77. The Balaban J connectivity index is 2.44. The number of amides is 1. The molecule has 0 bridgehead atoms. The summed E-state index contributed by atoms with van der Waals surface area (Å²) >= 11 is 0. The Bertz CT molecular complexity index is 681. The average Bonchev–Trinajstić information content (AvgIpc) is 2.46. The van der Waals surface area contributed by atoms with Crippen molar-refractivity contribution >= 4 is 24.4 Å². The maximum Gasteiger partial charge on any atom is 0.490 e. The number of benzene rings is 2. The van der Waals surface area contributed by atoms with Gasteiger partial charge in [0.15, 0.2) is 0 Å². The Kier molecular flexibility index (Phi) is 5.08. The average molecular weight is 313 g/mol. The van der Waals surface area contributed by atoms with Crippen LogP contribution < -0.4 is 10.8 Å². The first kappa shape index (κ1) is 17.1. The molecule has 0 aliphatic rings. The first-order valence-corrected chi connectivity index (χ1v) is 7.32. The van der Waals surface area contributed by atoms with Crippen molar-refractivity contribution in [2.75, 3.05) is 5.32 Å². The van der Waals surface area contributed by atoms with Gasteiger partial charge in [-0.1, -0.05) is 48.5 Å². The molecule has 23 heavy (non-hydrogen) atoms. The number of anilines is 1. The minimum Gasteiger partial charge on any atom is -0.444 e. The minimum atomic E-state index is -1.71. The second-order valence-electron chi connectivity index (χ2n) is 6.14. The number of carbonyl (C=O) groups excluding carboxylic acids is 1. The SMILES string of the molecule is CC(C)(C)OC(=O)Nc1c(B(O)O)cccc1-c1ccccc1. The van der Waals surface area contributed by atoms with Gasteiger partial charge in [0, 0.05) is 11.0 Å². The van der Waals surface area contributed by atoms with Crippen molar-refractivity contribution in [3.8, 4) is 11.1 Å². The summed E-state index contributed by atoms with van der Waals surface area (Å²) in [5, 5.41) is 21.8. The van der Waals surface area contributed by atoms with Crippen LogP contribution in [0.5, 0.6) is 0 Å². The predicted octanol–water partition coefficient (Wildman–Crippen LogP) is 2.38. The fourth-order valence-electron chi connectivity index (χ4n) is 2.19. The van der Waals surface area contributed by atoms with E-state index in [4.69, 9.17) is 4.74 Å². The molecule has 2 aromatic carbocycles. The van der Waals surface area contributed by atoms with Crippen LogP contribution in [-0.2, 0) is 4.74 Å². The van der Waals surface area contributed by atoms with Gasteiger partial charge in [0.1, 0.15) is 5.60 Å². The van der Waals surface area contributed by atoms with Gasteiger partial charge >= 0.3 is 13.2 Å². The van der Waals surface area contributed by atoms with Gasteiger partial charge in [-0.05, 0) is 26.3 Å². The Morgan fingerprint density at radius 1 is 1.04 bits per heavy atom. The molecule has 0 aliphatic carbocycles. The fourth-order valence-corrected chi connectivity index (χ4v) is 2.19. The Morgan fingerprint density at radius 2 is 1.70 bits per heavy atom. The summed E-state index contributed by atoms with van der Waals surface area (Å²) in [7, 11) is -1.71. The first-order chi connectivity index (χ1) is 10.8.